The summed E-state index contributed by atoms with van der Waals surface area (Å²) in [6.45, 7) is 0. The van der Waals surface area contributed by atoms with Crippen molar-refractivity contribution < 1.29 is 9.90 Å². The quantitative estimate of drug-likeness (QED) is 0.616. The highest BCUT2D eigenvalue weighted by molar-refractivity contribution is 9.13. The molecule has 74 valence electrons. The number of rotatable bonds is 2. The van der Waals surface area contributed by atoms with Gasteiger partial charge in [0.15, 0.2) is 0 Å². The van der Waals surface area contributed by atoms with Crippen molar-refractivity contribution in [1.82, 2.24) is 0 Å². The van der Waals surface area contributed by atoms with Crippen molar-refractivity contribution in [3.05, 3.63) is 37.2 Å². The zero-order chi connectivity index (χ0) is 10.7. The molecule has 5 heteroatoms. The maximum absolute atomic E-state index is 10.3. The zero-order valence-corrected chi connectivity index (χ0v) is 11.6. The summed E-state index contributed by atoms with van der Waals surface area (Å²) in [6, 6.07) is 3.68. The molecule has 1 aromatic carbocycles. The Kier molecular flexibility index (Phi) is 4.34. The van der Waals surface area contributed by atoms with Crippen LogP contribution in [0.15, 0.2) is 31.6 Å². The fraction of sp³-hybridized carbons (Fsp3) is 0. The predicted molar refractivity (Wildman–Crippen MR) is 66.2 cm³/mol. The lowest BCUT2D eigenvalue weighted by Gasteiger charge is -2.01. The number of carboxylic acid groups (broad SMARTS) is 1. The highest BCUT2D eigenvalue weighted by atomic mass is 79.9. The summed E-state index contributed by atoms with van der Waals surface area (Å²) in [6.07, 6.45) is 2.63. The van der Waals surface area contributed by atoms with E-state index in [0.29, 0.717) is 0 Å². The molecule has 0 amide bonds. The fourth-order valence-corrected chi connectivity index (χ4v) is 2.31. The van der Waals surface area contributed by atoms with Gasteiger partial charge in [-0.1, -0.05) is 15.9 Å². The first-order chi connectivity index (χ1) is 6.50. The molecular weight excluding hydrogens is 380 g/mol. The standard InChI is InChI=1S/C9H5Br3O2/c10-6-4-8(12)7(11)3-5(6)1-2-9(13)14/h1-4H,(H,13,14)/b2-1+. The van der Waals surface area contributed by atoms with Gasteiger partial charge in [0.25, 0.3) is 0 Å². The van der Waals surface area contributed by atoms with Crippen molar-refractivity contribution in [3.63, 3.8) is 0 Å². The topological polar surface area (TPSA) is 37.3 Å². The molecule has 1 rings (SSSR count). The Hall–Kier alpha value is -0.130. The number of benzene rings is 1. The highest BCUT2D eigenvalue weighted by Crippen LogP contribution is 2.30. The average molecular weight is 385 g/mol. The van der Waals surface area contributed by atoms with E-state index in [0.717, 1.165) is 25.1 Å². The number of halogens is 3. The lowest BCUT2D eigenvalue weighted by Crippen LogP contribution is -1.86. The first kappa shape index (κ1) is 11.9. The molecule has 0 aromatic heterocycles. The van der Waals surface area contributed by atoms with Gasteiger partial charge in [0.2, 0.25) is 0 Å². The Morgan fingerprint density at radius 2 is 1.71 bits per heavy atom. The summed E-state index contributed by atoms with van der Waals surface area (Å²) in [5, 5.41) is 8.47. The number of hydrogen-bond acceptors (Lipinski definition) is 1. The van der Waals surface area contributed by atoms with Gasteiger partial charge in [-0.15, -0.1) is 0 Å². The van der Waals surface area contributed by atoms with Crippen LogP contribution < -0.4 is 0 Å². The molecule has 0 fully saturated rings. The van der Waals surface area contributed by atoms with Crippen LogP contribution in [0.4, 0.5) is 0 Å². The molecule has 0 bridgehead atoms. The van der Waals surface area contributed by atoms with E-state index in [1.54, 1.807) is 0 Å². The predicted octanol–water partition coefficient (Wildman–Crippen LogP) is 4.07. The van der Waals surface area contributed by atoms with E-state index >= 15 is 0 Å². The minimum Gasteiger partial charge on any atom is -0.478 e. The van der Waals surface area contributed by atoms with Crippen LogP contribution >= 0.6 is 47.8 Å². The summed E-state index contributed by atoms with van der Waals surface area (Å²) in [7, 11) is 0. The summed E-state index contributed by atoms with van der Waals surface area (Å²) >= 11 is 10.0. The van der Waals surface area contributed by atoms with E-state index < -0.39 is 5.97 Å². The monoisotopic (exact) mass is 382 g/mol. The molecule has 0 aliphatic heterocycles. The summed E-state index contributed by atoms with van der Waals surface area (Å²) in [5.41, 5.74) is 0.808. The van der Waals surface area contributed by atoms with Gasteiger partial charge in [-0.3, -0.25) is 0 Å². The van der Waals surface area contributed by atoms with Crippen molar-refractivity contribution in [2.24, 2.45) is 0 Å². The van der Waals surface area contributed by atoms with E-state index in [4.69, 9.17) is 5.11 Å². The van der Waals surface area contributed by atoms with Crippen molar-refractivity contribution in [1.29, 1.82) is 0 Å². The fourth-order valence-electron chi connectivity index (χ4n) is 0.827. The Labute approximate surface area is 106 Å². The largest absolute Gasteiger partial charge is 0.478 e. The van der Waals surface area contributed by atoms with Gasteiger partial charge in [0.1, 0.15) is 0 Å². The second kappa shape index (κ2) is 5.09. The van der Waals surface area contributed by atoms with Crippen LogP contribution in [-0.2, 0) is 4.79 Å². The first-order valence-electron chi connectivity index (χ1n) is 3.56. The maximum Gasteiger partial charge on any atom is 0.328 e. The van der Waals surface area contributed by atoms with Crippen LogP contribution in [0.3, 0.4) is 0 Å². The Morgan fingerprint density at radius 3 is 2.29 bits per heavy atom. The van der Waals surface area contributed by atoms with E-state index in [2.05, 4.69) is 47.8 Å². The number of aliphatic carboxylic acids is 1. The summed E-state index contributed by atoms with van der Waals surface area (Å²) in [5.74, 6) is -0.962. The third kappa shape index (κ3) is 3.22. The number of carbonyl (C=O) groups is 1. The van der Waals surface area contributed by atoms with Crippen LogP contribution in [-0.4, -0.2) is 11.1 Å². The van der Waals surface area contributed by atoms with Gasteiger partial charge in [0, 0.05) is 19.5 Å². The zero-order valence-electron chi connectivity index (χ0n) is 6.80. The summed E-state index contributed by atoms with van der Waals surface area (Å²) in [4.78, 5) is 10.3. The minimum absolute atomic E-state index is 0.808. The van der Waals surface area contributed by atoms with Gasteiger partial charge < -0.3 is 5.11 Å². The van der Waals surface area contributed by atoms with Crippen molar-refractivity contribution >= 4 is 59.8 Å². The summed E-state index contributed by atoms with van der Waals surface area (Å²) < 4.78 is 2.63. The number of carboxylic acids is 1. The Morgan fingerprint density at radius 1 is 1.14 bits per heavy atom. The molecule has 0 spiro atoms. The van der Waals surface area contributed by atoms with Crippen molar-refractivity contribution in [2.75, 3.05) is 0 Å². The van der Waals surface area contributed by atoms with Gasteiger partial charge in [-0.25, -0.2) is 4.79 Å². The molecule has 1 N–H and O–H groups in total. The van der Waals surface area contributed by atoms with E-state index in [1.165, 1.54) is 6.08 Å². The van der Waals surface area contributed by atoms with Crippen LogP contribution in [0, 0.1) is 0 Å². The smallest absolute Gasteiger partial charge is 0.328 e. The Bertz CT molecular complexity index is 399. The molecule has 2 nitrogen and oxygen atoms in total. The van der Waals surface area contributed by atoms with E-state index in [9.17, 15) is 4.79 Å². The third-order valence-electron chi connectivity index (χ3n) is 1.45. The SMILES string of the molecule is O=C(O)/C=C/c1cc(Br)c(Br)cc1Br. The van der Waals surface area contributed by atoms with Gasteiger partial charge in [-0.05, 0) is 55.6 Å². The van der Waals surface area contributed by atoms with Crippen LogP contribution in [0.25, 0.3) is 6.08 Å². The van der Waals surface area contributed by atoms with Gasteiger partial charge in [-0.2, -0.15) is 0 Å². The highest BCUT2D eigenvalue weighted by Gasteiger charge is 2.02. The van der Waals surface area contributed by atoms with Crippen LogP contribution in [0.1, 0.15) is 5.56 Å². The molecule has 14 heavy (non-hydrogen) atoms. The van der Waals surface area contributed by atoms with E-state index in [-0.39, 0.29) is 0 Å². The molecule has 0 radical (unpaired) electrons. The van der Waals surface area contributed by atoms with E-state index in [1.807, 2.05) is 12.1 Å². The molecular formula is C9H5Br3O2. The minimum atomic E-state index is -0.962. The lowest BCUT2D eigenvalue weighted by molar-refractivity contribution is -0.131. The van der Waals surface area contributed by atoms with Crippen molar-refractivity contribution in [2.45, 2.75) is 0 Å². The average Bonchev–Trinajstić information content (AvgIpc) is 2.09. The molecule has 0 saturated carbocycles. The molecule has 0 aliphatic carbocycles. The van der Waals surface area contributed by atoms with Gasteiger partial charge >= 0.3 is 5.97 Å². The molecule has 0 saturated heterocycles. The van der Waals surface area contributed by atoms with Gasteiger partial charge in [0.05, 0.1) is 0 Å². The van der Waals surface area contributed by atoms with Crippen LogP contribution in [0.5, 0.6) is 0 Å². The molecule has 0 heterocycles. The maximum atomic E-state index is 10.3. The second-order valence-corrected chi connectivity index (χ2v) is 5.02. The molecule has 0 unspecified atom stereocenters. The first-order valence-corrected chi connectivity index (χ1v) is 5.94. The third-order valence-corrected chi connectivity index (χ3v) is 3.98. The molecule has 0 atom stereocenters. The normalized spacial score (nSPS) is 10.8. The Balaban J connectivity index is 3.10. The van der Waals surface area contributed by atoms with Crippen LogP contribution in [0.2, 0.25) is 0 Å². The molecule has 0 aliphatic rings. The lowest BCUT2D eigenvalue weighted by atomic mass is 10.2. The second-order valence-electron chi connectivity index (χ2n) is 2.46. The number of hydrogen-bond donors (Lipinski definition) is 1. The molecule has 1 aromatic rings. The van der Waals surface area contributed by atoms with Crippen molar-refractivity contribution in [3.8, 4) is 0 Å².